The predicted octanol–water partition coefficient (Wildman–Crippen LogP) is 4.23. The Balaban J connectivity index is 1.92. The molecule has 7 nitrogen and oxygen atoms in total. The average molecular weight is 444 g/mol. The predicted molar refractivity (Wildman–Crippen MR) is 120 cm³/mol. The minimum absolute atomic E-state index is 0.225. The zero-order chi connectivity index (χ0) is 21.3. The van der Waals surface area contributed by atoms with Crippen molar-refractivity contribution in [1.82, 2.24) is 19.9 Å². The van der Waals surface area contributed by atoms with Crippen LogP contribution in [0.1, 0.15) is 16.8 Å². The van der Waals surface area contributed by atoms with E-state index in [4.69, 9.17) is 38.7 Å². The molecular formula is C21H19Cl2N5O2. The summed E-state index contributed by atoms with van der Waals surface area (Å²) in [5.41, 5.74) is 9.60. The fraction of sp³-hybridized carbons (Fsp3) is 0.190. The summed E-state index contributed by atoms with van der Waals surface area (Å²) in [5, 5.41) is 3.66. The van der Waals surface area contributed by atoms with E-state index in [-0.39, 0.29) is 17.3 Å². The molecule has 0 aliphatic heterocycles. The molecule has 0 saturated heterocycles. The van der Waals surface area contributed by atoms with Gasteiger partial charge in [-0.3, -0.25) is 9.36 Å². The second-order valence-electron chi connectivity index (χ2n) is 6.68. The molecule has 154 valence electrons. The second kappa shape index (κ2) is 8.47. The number of nitrogens with zero attached hydrogens (tertiary/aromatic N) is 3. The number of aromatic nitrogens is 3. The first-order valence-electron chi connectivity index (χ1n) is 9.30. The topological polar surface area (TPSA) is 95.1 Å². The maximum absolute atomic E-state index is 13.0. The number of hydrogen-bond donors (Lipinski definition) is 2. The molecule has 9 heteroatoms. The number of carbonyl (C=O) groups is 1. The summed E-state index contributed by atoms with van der Waals surface area (Å²) >= 11 is 12.3. The van der Waals surface area contributed by atoms with Crippen LogP contribution < -0.4 is 11.1 Å². The van der Waals surface area contributed by atoms with Crippen molar-refractivity contribution >= 4 is 57.1 Å². The summed E-state index contributed by atoms with van der Waals surface area (Å²) in [4.78, 5) is 22.4. The lowest BCUT2D eigenvalue weighted by atomic mass is 10.2. The van der Waals surface area contributed by atoms with E-state index >= 15 is 0 Å². The van der Waals surface area contributed by atoms with E-state index in [9.17, 15) is 4.79 Å². The van der Waals surface area contributed by atoms with Gasteiger partial charge in [-0.2, -0.15) is 0 Å². The Kier molecular flexibility index (Phi) is 5.76. The number of carbonyl (C=O) groups excluding carboxylic acids is 1. The van der Waals surface area contributed by atoms with E-state index in [0.29, 0.717) is 57.5 Å². The van der Waals surface area contributed by atoms with Crippen molar-refractivity contribution in [2.24, 2.45) is 0 Å². The number of para-hydroxylation sites is 2. The van der Waals surface area contributed by atoms with E-state index in [1.165, 1.54) is 0 Å². The highest BCUT2D eigenvalue weighted by molar-refractivity contribution is 6.42. The molecule has 4 rings (SSSR count). The number of amides is 1. The van der Waals surface area contributed by atoms with E-state index in [1.807, 2.05) is 24.3 Å². The SMILES string of the molecule is COCCCNC(=O)c1c(N)n(-c2ccc(Cl)c(Cl)c2)c2nc3ccccc3nc12. The Morgan fingerprint density at radius 2 is 1.87 bits per heavy atom. The van der Waals surface area contributed by atoms with E-state index in [0.717, 1.165) is 0 Å². The summed E-state index contributed by atoms with van der Waals surface area (Å²) in [6.07, 6.45) is 0.683. The van der Waals surface area contributed by atoms with Gasteiger partial charge in [0.25, 0.3) is 5.91 Å². The zero-order valence-electron chi connectivity index (χ0n) is 16.2. The van der Waals surface area contributed by atoms with Crippen LogP contribution in [-0.4, -0.2) is 40.7 Å². The van der Waals surface area contributed by atoms with Crippen LogP contribution in [0.3, 0.4) is 0 Å². The Bertz CT molecular complexity index is 1260. The molecule has 2 aromatic carbocycles. The third-order valence-corrected chi connectivity index (χ3v) is 5.44. The molecule has 0 saturated carbocycles. The van der Waals surface area contributed by atoms with Crippen LogP contribution in [0, 0.1) is 0 Å². The Morgan fingerprint density at radius 3 is 2.57 bits per heavy atom. The third-order valence-electron chi connectivity index (χ3n) is 4.70. The van der Waals surface area contributed by atoms with Crippen LogP contribution in [0.5, 0.6) is 0 Å². The minimum Gasteiger partial charge on any atom is -0.385 e. The number of ether oxygens (including phenoxy) is 1. The van der Waals surface area contributed by atoms with Crippen molar-refractivity contribution in [3.63, 3.8) is 0 Å². The Labute approximate surface area is 182 Å². The fourth-order valence-corrected chi connectivity index (χ4v) is 3.57. The molecule has 0 spiro atoms. The van der Waals surface area contributed by atoms with Crippen molar-refractivity contribution in [3.05, 3.63) is 58.1 Å². The standard InChI is InChI=1S/C21H19Cl2N5O2/c1-30-10-4-9-25-21(29)17-18-20(27-16-6-3-2-5-15(16)26-18)28(19(17)24)12-7-8-13(22)14(23)11-12/h2-3,5-8,11H,4,9-10,24H2,1H3,(H,25,29). The molecule has 0 radical (unpaired) electrons. The van der Waals surface area contributed by atoms with Gasteiger partial charge in [-0.15, -0.1) is 0 Å². The molecule has 0 aliphatic rings. The van der Waals surface area contributed by atoms with Crippen LogP contribution in [0.15, 0.2) is 42.5 Å². The number of nitrogen functional groups attached to an aromatic ring is 1. The first-order chi connectivity index (χ1) is 14.5. The van der Waals surface area contributed by atoms with Crippen molar-refractivity contribution in [1.29, 1.82) is 0 Å². The number of rotatable bonds is 6. The Morgan fingerprint density at radius 1 is 1.13 bits per heavy atom. The van der Waals surface area contributed by atoms with Crippen LogP contribution in [-0.2, 0) is 4.74 Å². The molecule has 0 atom stereocenters. The zero-order valence-corrected chi connectivity index (χ0v) is 17.7. The summed E-state index contributed by atoms with van der Waals surface area (Å²) in [5.74, 6) is -0.0973. The highest BCUT2D eigenvalue weighted by Gasteiger charge is 2.24. The van der Waals surface area contributed by atoms with Gasteiger partial charge in [-0.1, -0.05) is 35.3 Å². The van der Waals surface area contributed by atoms with Gasteiger partial charge in [0.15, 0.2) is 5.65 Å². The fourth-order valence-electron chi connectivity index (χ4n) is 3.28. The molecule has 0 fully saturated rings. The molecule has 1 amide bonds. The first kappa shape index (κ1) is 20.4. The Hall–Kier alpha value is -2.87. The van der Waals surface area contributed by atoms with Gasteiger partial charge >= 0.3 is 0 Å². The van der Waals surface area contributed by atoms with Crippen molar-refractivity contribution in [2.45, 2.75) is 6.42 Å². The third kappa shape index (κ3) is 3.67. The molecule has 0 bridgehead atoms. The summed E-state index contributed by atoms with van der Waals surface area (Å²) in [6, 6.07) is 12.6. The van der Waals surface area contributed by atoms with Crippen LogP contribution >= 0.6 is 23.2 Å². The van der Waals surface area contributed by atoms with Gasteiger partial charge in [0.05, 0.1) is 26.8 Å². The van der Waals surface area contributed by atoms with Crippen LogP contribution in [0.4, 0.5) is 5.82 Å². The molecular weight excluding hydrogens is 425 g/mol. The van der Waals surface area contributed by atoms with Gasteiger partial charge in [-0.25, -0.2) is 9.97 Å². The van der Waals surface area contributed by atoms with Crippen LogP contribution in [0.25, 0.3) is 27.9 Å². The molecule has 2 heterocycles. The maximum Gasteiger partial charge on any atom is 0.257 e. The smallest absolute Gasteiger partial charge is 0.257 e. The van der Waals surface area contributed by atoms with E-state index < -0.39 is 0 Å². The van der Waals surface area contributed by atoms with Crippen molar-refractivity contribution < 1.29 is 9.53 Å². The monoisotopic (exact) mass is 443 g/mol. The molecule has 30 heavy (non-hydrogen) atoms. The number of benzene rings is 2. The number of anilines is 1. The molecule has 4 aromatic rings. The quantitative estimate of drug-likeness (QED) is 0.434. The molecule has 0 unspecified atom stereocenters. The largest absolute Gasteiger partial charge is 0.385 e. The number of fused-ring (bicyclic) bond motifs is 2. The average Bonchev–Trinajstić information content (AvgIpc) is 3.02. The number of halogens is 2. The summed E-state index contributed by atoms with van der Waals surface area (Å²) in [6.45, 7) is 0.998. The summed E-state index contributed by atoms with van der Waals surface area (Å²) < 4.78 is 6.70. The van der Waals surface area contributed by atoms with E-state index in [2.05, 4.69) is 10.3 Å². The first-order valence-corrected chi connectivity index (χ1v) is 10.1. The van der Waals surface area contributed by atoms with Crippen LogP contribution in [0.2, 0.25) is 10.0 Å². The minimum atomic E-state index is -0.322. The van der Waals surface area contributed by atoms with Gasteiger partial charge in [0.1, 0.15) is 16.9 Å². The van der Waals surface area contributed by atoms with Gasteiger partial charge in [0, 0.05) is 20.3 Å². The lowest BCUT2D eigenvalue weighted by molar-refractivity contribution is 0.0951. The number of nitrogens with two attached hydrogens (primary N) is 1. The second-order valence-corrected chi connectivity index (χ2v) is 7.50. The number of methoxy groups -OCH3 is 1. The van der Waals surface area contributed by atoms with Crippen molar-refractivity contribution in [2.75, 3.05) is 26.0 Å². The van der Waals surface area contributed by atoms with E-state index in [1.54, 1.807) is 29.9 Å². The molecule has 2 aromatic heterocycles. The number of hydrogen-bond acceptors (Lipinski definition) is 5. The lowest BCUT2D eigenvalue weighted by Crippen LogP contribution is -2.26. The molecule has 0 aliphatic carbocycles. The number of nitrogens with one attached hydrogen (secondary N) is 1. The maximum atomic E-state index is 13.0. The van der Waals surface area contributed by atoms with Crippen molar-refractivity contribution in [3.8, 4) is 5.69 Å². The highest BCUT2D eigenvalue weighted by atomic mass is 35.5. The molecule has 3 N–H and O–H groups in total. The lowest BCUT2D eigenvalue weighted by Gasteiger charge is -2.09. The normalized spacial score (nSPS) is 11.3. The van der Waals surface area contributed by atoms with Gasteiger partial charge in [-0.05, 0) is 36.8 Å². The van der Waals surface area contributed by atoms with Gasteiger partial charge < -0.3 is 15.8 Å². The van der Waals surface area contributed by atoms with Gasteiger partial charge in [0.2, 0.25) is 0 Å². The highest BCUT2D eigenvalue weighted by Crippen LogP contribution is 2.33. The summed E-state index contributed by atoms with van der Waals surface area (Å²) in [7, 11) is 1.62.